The van der Waals surface area contributed by atoms with E-state index in [9.17, 15) is 9.59 Å². The summed E-state index contributed by atoms with van der Waals surface area (Å²) in [5, 5.41) is 2.87. The first kappa shape index (κ1) is 16.2. The Balaban J connectivity index is 1.69. The van der Waals surface area contributed by atoms with Gasteiger partial charge in [0.05, 0.1) is 5.92 Å². The molecule has 4 nitrogen and oxygen atoms in total. The van der Waals surface area contributed by atoms with Gasteiger partial charge in [-0.3, -0.25) is 9.59 Å². The first-order valence-corrected chi connectivity index (χ1v) is 8.22. The number of esters is 1. The van der Waals surface area contributed by atoms with E-state index in [0.717, 1.165) is 17.5 Å². The fraction of sp³-hybridized carbons (Fsp3) is 0.300. The molecule has 0 bridgehead atoms. The van der Waals surface area contributed by atoms with Gasteiger partial charge in [0.25, 0.3) is 5.91 Å². The Morgan fingerprint density at radius 1 is 1.08 bits per heavy atom. The lowest BCUT2D eigenvalue weighted by atomic mass is 10.0. The molecule has 2 aromatic rings. The molecular formula is C20H21NO3. The Hall–Kier alpha value is -2.62. The molecule has 24 heavy (non-hydrogen) atoms. The second kappa shape index (κ2) is 6.87. The largest absolute Gasteiger partial charge is 0.452 e. The molecule has 0 unspecified atom stereocenters. The van der Waals surface area contributed by atoms with Crippen LogP contribution in [0.5, 0.6) is 0 Å². The van der Waals surface area contributed by atoms with E-state index in [2.05, 4.69) is 5.32 Å². The summed E-state index contributed by atoms with van der Waals surface area (Å²) in [6.45, 7) is 3.61. The minimum Gasteiger partial charge on any atom is -0.452 e. The van der Waals surface area contributed by atoms with E-state index in [4.69, 9.17) is 4.74 Å². The van der Waals surface area contributed by atoms with Crippen LogP contribution < -0.4 is 5.32 Å². The van der Waals surface area contributed by atoms with Crippen molar-refractivity contribution in [2.75, 3.05) is 5.32 Å². The Labute approximate surface area is 141 Å². The van der Waals surface area contributed by atoms with Crippen molar-refractivity contribution < 1.29 is 14.3 Å². The fourth-order valence-electron chi connectivity index (χ4n) is 2.66. The summed E-state index contributed by atoms with van der Waals surface area (Å²) < 4.78 is 5.27. The quantitative estimate of drug-likeness (QED) is 0.850. The van der Waals surface area contributed by atoms with Crippen LogP contribution in [0, 0.1) is 11.8 Å². The van der Waals surface area contributed by atoms with E-state index >= 15 is 0 Å². The molecule has 0 radical (unpaired) electrons. The number of ether oxygens (including phenoxy) is 1. The maximum absolute atomic E-state index is 12.4. The molecule has 1 fully saturated rings. The summed E-state index contributed by atoms with van der Waals surface area (Å²) in [5.74, 6) is -0.273. The van der Waals surface area contributed by atoms with Gasteiger partial charge in [-0.2, -0.15) is 0 Å². The molecule has 0 spiro atoms. The average molecular weight is 323 g/mol. The van der Waals surface area contributed by atoms with Crippen LogP contribution in [0.25, 0.3) is 11.1 Å². The fourth-order valence-corrected chi connectivity index (χ4v) is 2.66. The summed E-state index contributed by atoms with van der Waals surface area (Å²) in [5.41, 5.74) is 2.65. The number of para-hydroxylation sites is 1. The molecule has 4 heteroatoms. The highest BCUT2D eigenvalue weighted by Gasteiger charge is 2.41. The summed E-state index contributed by atoms with van der Waals surface area (Å²) in [4.78, 5) is 24.2. The second-order valence-electron chi connectivity index (χ2n) is 6.30. The van der Waals surface area contributed by atoms with Gasteiger partial charge in [-0.25, -0.2) is 0 Å². The Kier molecular flexibility index (Phi) is 4.65. The molecule has 2 aromatic carbocycles. The molecule has 0 aliphatic heterocycles. The SMILES string of the molecule is C[C@H](OC(=O)[C@@H]1C[C@H]1C)C(=O)Nc1ccccc1-c1ccccc1. The van der Waals surface area contributed by atoms with Crippen LogP contribution in [-0.2, 0) is 14.3 Å². The molecule has 0 saturated heterocycles. The van der Waals surface area contributed by atoms with Gasteiger partial charge in [0.1, 0.15) is 0 Å². The van der Waals surface area contributed by atoms with E-state index in [1.165, 1.54) is 0 Å². The van der Waals surface area contributed by atoms with Gasteiger partial charge in [-0.15, -0.1) is 0 Å². The van der Waals surface area contributed by atoms with Crippen molar-refractivity contribution in [3.05, 3.63) is 54.6 Å². The third-order valence-corrected chi connectivity index (χ3v) is 4.34. The number of carbonyl (C=O) groups excluding carboxylic acids is 2. The van der Waals surface area contributed by atoms with E-state index in [1.54, 1.807) is 6.92 Å². The molecule has 1 N–H and O–H groups in total. The number of rotatable bonds is 5. The minimum absolute atomic E-state index is 0.0446. The number of anilines is 1. The molecule has 1 aliphatic carbocycles. The summed E-state index contributed by atoms with van der Waals surface area (Å²) in [6, 6.07) is 17.4. The number of hydrogen-bond acceptors (Lipinski definition) is 3. The Morgan fingerprint density at radius 3 is 2.38 bits per heavy atom. The molecule has 124 valence electrons. The Bertz CT molecular complexity index is 742. The van der Waals surface area contributed by atoms with Gasteiger partial charge in [0, 0.05) is 11.3 Å². The van der Waals surface area contributed by atoms with Crippen LogP contribution in [-0.4, -0.2) is 18.0 Å². The van der Waals surface area contributed by atoms with Crippen molar-refractivity contribution in [2.45, 2.75) is 26.4 Å². The van der Waals surface area contributed by atoms with Crippen LogP contribution >= 0.6 is 0 Å². The van der Waals surface area contributed by atoms with Crippen molar-refractivity contribution in [1.29, 1.82) is 0 Å². The summed E-state index contributed by atoms with van der Waals surface area (Å²) >= 11 is 0. The third kappa shape index (κ3) is 3.65. The number of amides is 1. The Morgan fingerprint density at radius 2 is 1.71 bits per heavy atom. The number of nitrogens with one attached hydrogen (secondary N) is 1. The first-order valence-electron chi connectivity index (χ1n) is 8.22. The van der Waals surface area contributed by atoms with Crippen molar-refractivity contribution in [1.82, 2.24) is 0 Å². The van der Waals surface area contributed by atoms with Gasteiger partial charge in [0.15, 0.2) is 6.10 Å². The topological polar surface area (TPSA) is 55.4 Å². The van der Waals surface area contributed by atoms with E-state index < -0.39 is 6.10 Å². The molecule has 1 aliphatic rings. The lowest BCUT2D eigenvalue weighted by molar-refractivity contribution is -0.154. The second-order valence-corrected chi connectivity index (χ2v) is 6.30. The van der Waals surface area contributed by atoms with Crippen molar-refractivity contribution in [2.24, 2.45) is 11.8 Å². The summed E-state index contributed by atoms with van der Waals surface area (Å²) in [6.07, 6.45) is 0.0402. The molecule has 3 atom stereocenters. The first-order chi connectivity index (χ1) is 11.6. The van der Waals surface area contributed by atoms with Crippen LogP contribution in [0.1, 0.15) is 20.3 Å². The van der Waals surface area contributed by atoms with Crippen LogP contribution in [0.3, 0.4) is 0 Å². The zero-order valence-corrected chi connectivity index (χ0v) is 13.9. The monoisotopic (exact) mass is 323 g/mol. The van der Waals surface area contributed by atoms with Crippen LogP contribution in [0.4, 0.5) is 5.69 Å². The van der Waals surface area contributed by atoms with E-state index in [1.807, 2.05) is 61.5 Å². The van der Waals surface area contributed by atoms with Crippen molar-refractivity contribution >= 4 is 17.6 Å². The molecule has 1 saturated carbocycles. The van der Waals surface area contributed by atoms with Gasteiger partial charge in [-0.05, 0) is 30.9 Å². The summed E-state index contributed by atoms with van der Waals surface area (Å²) in [7, 11) is 0. The predicted octanol–water partition coefficient (Wildman–Crippen LogP) is 3.88. The predicted molar refractivity (Wildman–Crippen MR) is 93.3 cm³/mol. The highest BCUT2D eigenvalue weighted by atomic mass is 16.5. The van der Waals surface area contributed by atoms with Gasteiger partial charge < -0.3 is 10.1 Å². The maximum Gasteiger partial charge on any atom is 0.309 e. The van der Waals surface area contributed by atoms with Crippen LogP contribution in [0.15, 0.2) is 54.6 Å². The maximum atomic E-state index is 12.4. The average Bonchev–Trinajstić information content (AvgIpc) is 3.33. The lowest BCUT2D eigenvalue weighted by Crippen LogP contribution is -2.30. The number of carbonyl (C=O) groups is 2. The van der Waals surface area contributed by atoms with E-state index in [0.29, 0.717) is 11.6 Å². The molecular weight excluding hydrogens is 302 g/mol. The molecule has 0 heterocycles. The van der Waals surface area contributed by atoms with Crippen LogP contribution in [0.2, 0.25) is 0 Å². The normalized spacial score (nSPS) is 20.1. The standard InChI is InChI=1S/C20H21NO3/c1-13-12-17(13)20(23)24-14(2)19(22)21-18-11-7-6-10-16(18)15-8-4-3-5-9-15/h3-11,13-14,17H,12H2,1-2H3,(H,21,22)/t13-,14+,17-/m1/s1. The minimum atomic E-state index is -0.811. The zero-order valence-electron chi connectivity index (χ0n) is 13.9. The van der Waals surface area contributed by atoms with Crippen molar-refractivity contribution in [3.63, 3.8) is 0 Å². The molecule has 0 aromatic heterocycles. The smallest absolute Gasteiger partial charge is 0.309 e. The van der Waals surface area contributed by atoms with Crippen molar-refractivity contribution in [3.8, 4) is 11.1 Å². The highest BCUT2D eigenvalue weighted by molar-refractivity contribution is 5.98. The highest BCUT2D eigenvalue weighted by Crippen LogP contribution is 2.38. The van der Waals surface area contributed by atoms with Gasteiger partial charge in [-0.1, -0.05) is 55.5 Å². The molecule has 1 amide bonds. The number of hydrogen-bond donors (Lipinski definition) is 1. The third-order valence-electron chi connectivity index (χ3n) is 4.34. The van der Waals surface area contributed by atoms with Gasteiger partial charge in [0.2, 0.25) is 0 Å². The number of benzene rings is 2. The molecule has 3 rings (SSSR count). The lowest BCUT2D eigenvalue weighted by Gasteiger charge is -2.16. The van der Waals surface area contributed by atoms with Gasteiger partial charge >= 0.3 is 5.97 Å². The zero-order chi connectivity index (χ0) is 17.1. The van der Waals surface area contributed by atoms with E-state index in [-0.39, 0.29) is 17.8 Å².